The van der Waals surface area contributed by atoms with E-state index in [0.717, 1.165) is 11.1 Å². The SMILES string of the molecule is CC(C)(C)c1cc(/C(Cl)=N/O)cc(C(C)(C)C)c1O. The van der Waals surface area contributed by atoms with Crippen molar-refractivity contribution in [2.45, 2.75) is 52.4 Å². The molecule has 1 aromatic carbocycles. The van der Waals surface area contributed by atoms with Crippen LogP contribution in [0.25, 0.3) is 0 Å². The van der Waals surface area contributed by atoms with E-state index in [2.05, 4.69) is 5.16 Å². The van der Waals surface area contributed by atoms with Gasteiger partial charge in [-0.05, 0) is 23.0 Å². The first kappa shape index (κ1) is 15.8. The van der Waals surface area contributed by atoms with Crippen molar-refractivity contribution in [1.29, 1.82) is 0 Å². The maximum atomic E-state index is 10.5. The number of rotatable bonds is 1. The van der Waals surface area contributed by atoms with E-state index in [-0.39, 0.29) is 21.8 Å². The van der Waals surface area contributed by atoms with Gasteiger partial charge in [-0.3, -0.25) is 0 Å². The fourth-order valence-electron chi connectivity index (χ4n) is 1.95. The van der Waals surface area contributed by atoms with Crippen LogP contribution >= 0.6 is 11.6 Å². The number of halogens is 1. The molecule has 0 aliphatic heterocycles. The second-order valence-electron chi connectivity index (χ2n) is 6.81. The van der Waals surface area contributed by atoms with Gasteiger partial charge in [0.2, 0.25) is 0 Å². The number of phenols is 1. The van der Waals surface area contributed by atoms with Crippen LogP contribution in [0, 0.1) is 0 Å². The highest BCUT2D eigenvalue weighted by Gasteiger charge is 2.27. The van der Waals surface area contributed by atoms with Crippen molar-refractivity contribution in [3.63, 3.8) is 0 Å². The molecule has 0 aliphatic rings. The number of phenolic OH excluding ortho intramolecular Hbond substituents is 1. The maximum Gasteiger partial charge on any atom is 0.175 e. The van der Waals surface area contributed by atoms with Crippen molar-refractivity contribution in [3.8, 4) is 5.75 Å². The maximum absolute atomic E-state index is 10.5. The summed E-state index contributed by atoms with van der Waals surface area (Å²) in [7, 11) is 0. The van der Waals surface area contributed by atoms with E-state index < -0.39 is 0 Å². The van der Waals surface area contributed by atoms with Gasteiger partial charge >= 0.3 is 0 Å². The standard InChI is InChI=1S/C15H22ClNO2/c1-14(2,3)10-7-9(13(16)17-19)8-11(12(10)18)15(4,5)6/h7-8,18-19H,1-6H3/b17-13-. The molecule has 0 aliphatic carbocycles. The Morgan fingerprint density at radius 1 is 1.00 bits per heavy atom. The van der Waals surface area contributed by atoms with E-state index >= 15 is 0 Å². The van der Waals surface area contributed by atoms with E-state index in [0.29, 0.717) is 5.56 Å². The van der Waals surface area contributed by atoms with Gasteiger partial charge in [0.25, 0.3) is 0 Å². The number of benzene rings is 1. The molecule has 0 heterocycles. The molecular weight excluding hydrogens is 262 g/mol. The largest absolute Gasteiger partial charge is 0.507 e. The van der Waals surface area contributed by atoms with Crippen LogP contribution in [-0.4, -0.2) is 15.5 Å². The molecule has 1 rings (SSSR count). The minimum Gasteiger partial charge on any atom is -0.507 e. The molecule has 0 atom stereocenters. The second kappa shape index (κ2) is 5.04. The van der Waals surface area contributed by atoms with Crippen LogP contribution in [0.2, 0.25) is 0 Å². The third-order valence-corrected chi connectivity index (χ3v) is 3.35. The second-order valence-corrected chi connectivity index (χ2v) is 7.17. The first-order valence-electron chi connectivity index (χ1n) is 6.24. The van der Waals surface area contributed by atoms with Crippen LogP contribution in [0.15, 0.2) is 17.3 Å². The highest BCUT2D eigenvalue weighted by Crippen LogP contribution is 2.40. The summed E-state index contributed by atoms with van der Waals surface area (Å²) in [6.07, 6.45) is 0. The zero-order valence-electron chi connectivity index (χ0n) is 12.4. The molecule has 0 unspecified atom stereocenters. The van der Waals surface area contributed by atoms with Crippen LogP contribution < -0.4 is 0 Å². The molecule has 106 valence electrons. The van der Waals surface area contributed by atoms with Crippen LogP contribution in [0.3, 0.4) is 0 Å². The minimum atomic E-state index is -0.229. The van der Waals surface area contributed by atoms with Crippen LogP contribution in [0.1, 0.15) is 58.2 Å². The summed E-state index contributed by atoms with van der Waals surface area (Å²) in [5.74, 6) is 0.283. The first-order chi connectivity index (χ1) is 8.48. The monoisotopic (exact) mass is 283 g/mol. The zero-order chi connectivity index (χ0) is 15.0. The predicted molar refractivity (Wildman–Crippen MR) is 79.7 cm³/mol. The summed E-state index contributed by atoms with van der Waals surface area (Å²) in [4.78, 5) is 0. The molecular formula is C15H22ClNO2. The molecule has 0 spiro atoms. The molecule has 0 aromatic heterocycles. The Morgan fingerprint density at radius 3 is 1.63 bits per heavy atom. The normalized spacial score (nSPS) is 13.7. The Hall–Kier alpha value is -1.22. The first-order valence-corrected chi connectivity index (χ1v) is 6.62. The number of aromatic hydroxyl groups is 1. The lowest BCUT2D eigenvalue weighted by Crippen LogP contribution is -2.18. The molecule has 0 bridgehead atoms. The Bertz CT molecular complexity index is 473. The Kier molecular flexibility index (Phi) is 4.20. The highest BCUT2D eigenvalue weighted by molar-refractivity contribution is 6.69. The quantitative estimate of drug-likeness (QED) is 0.457. The lowest BCUT2D eigenvalue weighted by atomic mass is 9.78. The molecule has 0 saturated heterocycles. The minimum absolute atomic E-state index is 0.0241. The van der Waals surface area contributed by atoms with Crippen LogP contribution in [0.5, 0.6) is 5.75 Å². The van der Waals surface area contributed by atoms with Crippen molar-refractivity contribution in [2.75, 3.05) is 0 Å². The fraction of sp³-hybridized carbons (Fsp3) is 0.533. The molecule has 2 N–H and O–H groups in total. The average Bonchev–Trinajstić information content (AvgIpc) is 2.25. The van der Waals surface area contributed by atoms with Gasteiger partial charge in [-0.1, -0.05) is 58.3 Å². The summed E-state index contributed by atoms with van der Waals surface area (Å²) < 4.78 is 0. The Morgan fingerprint density at radius 2 is 1.37 bits per heavy atom. The molecule has 0 saturated carbocycles. The summed E-state index contributed by atoms with van der Waals surface area (Å²) in [5.41, 5.74) is 1.73. The average molecular weight is 284 g/mol. The lowest BCUT2D eigenvalue weighted by Gasteiger charge is -2.28. The van der Waals surface area contributed by atoms with Crippen molar-refractivity contribution < 1.29 is 10.3 Å². The summed E-state index contributed by atoms with van der Waals surface area (Å²) in [6.45, 7) is 12.1. The molecule has 0 amide bonds. The highest BCUT2D eigenvalue weighted by atomic mass is 35.5. The van der Waals surface area contributed by atoms with E-state index in [1.54, 1.807) is 12.1 Å². The molecule has 3 nitrogen and oxygen atoms in total. The van der Waals surface area contributed by atoms with Gasteiger partial charge < -0.3 is 10.3 Å². The molecule has 1 aromatic rings. The van der Waals surface area contributed by atoms with Crippen molar-refractivity contribution in [2.24, 2.45) is 5.16 Å². The fourth-order valence-corrected chi connectivity index (χ4v) is 2.06. The van der Waals surface area contributed by atoms with E-state index in [1.165, 1.54) is 0 Å². The molecule has 19 heavy (non-hydrogen) atoms. The van der Waals surface area contributed by atoms with E-state index in [4.69, 9.17) is 16.8 Å². The Balaban J connectivity index is 3.67. The predicted octanol–water partition coefficient (Wildman–Crippen LogP) is 4.36. The van der Waals surface area contributed by atoms with E-state index in [9.17, 15) is 5.11 Å². The van der Waals surface area contributed by atoms with Gasteiger partial charge in [-0.2, -0.15) is 0 Å². The van der Waals surface area contributed by atoms with Gasteiger partial charge in [-0.25, -0.2) is 0 Å². The Labute approximate surface area is 119 Å². The summed E-state index contributed by atoms with van der Waals surface area (Å²) >= 11 is 5.91. The van der Waals surface area contributed by atoms with Crippen LogP contribution in [-0.2, 0) is 10.8 Å². The van der Waals surface area contributed by atoms with E-state index in [1.807, 2.05) is 41.5 Å². The third kappa shape index (κ3) is 3.41. The van der Waals surface area contributed by atoms with Crippen molar-refractivity contribution >= 4 is 16.8 Å². The molecule has 0 fully saturated rings. The van der Waals surface area contributed by atoms with Crippen LogP contribution in [0.4, 0.5) is 0 Å². The topological polar surface area (TPSA) is 52.8 Å². The smallest absolute Gasteiger partial charge is 0.175 e. The van der Waals surface area contributed by atoms with Gasteiger partial charge in [-0.15, -0.1) is 0 Å². The summed E-state index contributed by atoms with van der Waals surface area (Å²) in [6, 6.07) is 3.54. The van der Waals surface area contributed by atoms with Crippen molar-refractivity contribution in [1.82, 2.24) is 0 Å². The van der Waals surface area contributed by atoms with Gasteiger partial charge in [0.15, 0.2) is 5.17 Å². The molecule has 4 heteroatoms. The molecule has 0 radical (unpaired) electrons. The lowest BCUT2D eigenvalue weighted by molar-refractivity contribution is 0.320. The third-order valence-electron chi connectivity index (χ3n) is 3.05. The summed E-state index contributed by atoms with van der Waals surface area (Å²) in [5, 5.41) is 22.4. The number of hydrogen-bond acceptors (Lipinski definition) is 3. The van der Waals surface area contributed by atoms with Crippen molar-refractivity contribution in [3.05, 3.63) is 28.8 Å². The van der Waals surface area contributed by atoms with Gasteiger partial charge in [0.1, 0.15) is 5.75 Å². The van der Waals surface area contributed by atoms with Gasteiger partial charge in [0, 0.05) is 16.7 Å². The zero-order valence-corrected chi connectivity index (χ0v) is 13.1. The number of oxime groups is 1. The number of nitrogens with zero attached hydrogens (tertiary/aromatic N) is 1. The van der Waals surface area contributed by atoms with Gasteiger partial charge in [0.05, 0.1) is 0 Å². The number of hydrogen-bond donors (Lipinski definition) is 2.